The average Bonchev–Trinajstić information content (AvgIpc) is 2.82. The van der Waals surface area contributed by atoms with Crippen molar-refractivity contribution in [3.63, 3.8) is 0 Å². The summed E-state index contributed by atoms with van der Waals surface area (Å²) in [5.74, 6) is 0. The molecule has 0 atom stereocenters. The average molecular weight is 289 g/mol. The van der Waals surface area contributed by atoms with Gasteiger partial charge in [-0.2, -0.15) is 0 Å². The van der Waals surface area contributed by atoms with Gasteiger partial charge in [-0.05, 0) is 41.7 Å². The Labute approximate surface area is 135 Å². The van der Waals surface area contributed by atoms with Crippen molar-refractivity contribution in [2.45, 2.75) is 26.1 Å². The number of nitrogens with zero attached hydrogens (tertiary/aromatic N) is 2. The highest BCUT2D eigenvalue weighted by Crippen LogP contribution is 2.48. The summed E-state index contributed by atoms with van der Waals surface area (Å²) in [6, 6.07) is 15.5. The normalized spacial score (nSPS) is 17.1. The highest BCUT2D eigenvalue weighted by atomic mass is 14.8. The van der Waals surface area contributed by atoms with Crippen molar-refractivity contribution in [3.8, 4) is 22.5 Å². The summed E-state index contributed by atoms with van der Waals surface area (Å²) in [5.41, 5.74) is 6.09. The van der Waals surface area contributed by atoms with E-state index >= 15 is 0 Å². The topological polar surface area (TPSA) is 25.8 Å². The molecule has 0 saturated carbocycles. The fraction of sp³-hybridized carbons (Fsp3) is 0.200. The number of hydrogen-bond donors (Lipinski definition) is 0. The lowest BCUT2D eigenvalue weighted by atomic mass is 9.82. The fourth-order valence-electron chi connectivity index (χ4n) is 3.31. The van der Waals surface area contributed by atoms with E-state index in [1.54, 1.807) is 12.1 Å². The number of rotatable bonds is 1. The first-order chi connectivity index (χ1) is 11.8. The highest BCUT2D eigenvalue weighted by molar-refractivity contribution is 5.81. The smallest absolute Gasteiger partial charge is 0.0889 e. The Balaban J connectivity index is 1.86. The van der Waals surface area contributed by atoms with E-state index in [1.807, 2.05) is 18.3 Å². The quantitative estimate of drug-likeness (QED) is 0.645. The van der Waals surface area contributed by atoms with Crippen molar-refractivity contribution in [3.05, 3.63) is 71.5 Å². The zero-order valence-electron chi connectivity index (χ0n) is 15.6. The van der Waals surface area contributed by atoms with Crippen molar-refractivity contribution in [1.29, 1.82) is 0 Å². The van der Waals surface area contributed by atoms with E-state index in [1.165, 1.54) is 22.8 Å². The van der Waals surface area contributed by atoms with E-state index < -0.39 is 6.85 Å². The van der Waals surface area contributed by atoms with Gasteiger partial charge in [0.2, 0.25) is 0 Å². The molecule has 0 N–H and O–H groups in total. The number of hydrogen-bond acceptors (Lipinski definition) is 2. The Morgan fingerprint density at radius 3 is 2.64 bits per heavy atom. The molecule has 1 aliphatic rings. The van der Waals surface area contributed by atoms with Gasteiger partial charge in [-0.3, -0.25) is 9.97 Å². The van der Waals surface area contributed by atoms with Crippen LogP contribution < -0.4 is 0 Å². The van der Waals surface area contributed by atoms with Crippen LogP contribution in [0.15, 0.2) is 54.7 Å². The van der Waals surface area contributed by atoms with Gasteiger partial charge in [-0.1, -0.05) is 44.2 Å². The van der Waals surface area contributed by atoms with Gasteiger partial charge in [0.05, 0.1) is 11.4 Å². The van der Waals surface area contributed by atoms with Crippen molar-refractivity contribution < 1.29 is 4.11 Å². The Morgan fingerprint density at radius 1 is 0.909 bits per heavy atom. The van der Waals surface area contributed by atoms with E-state index in [0.29, 0.717) is 11.4 Å². The minimum absolute atomic E-state index is 0.0924. The van der Waals surface area contributed by atoms with Crippen LogP contribution in [0.25, 0.3) is 22.5 Å². The monoisotopic (exact) mass is 289 g/mol. The predicted molar refractivity (Wildman–Crippen MR) is 89.8 cm³/mol. The number of aryl methyl sites for hydroxylation is 1. The van der Waals surface area contributed by atoms with E-state index in [4.69, 9.17) is 4.11 Å². The molecule has 2 nitrogen and oxygen atoms in total. The third kappa shape index (κ3) is 1.80. The molecule has 2 heterocycles. The molecule has 0 bridgehead atoms. The van der Waals surface area contributed by atoms with E-state index in [9.17, 15) is 0 Å². The van der Waals surface area contributed by atoms with Gasteiger partial charge in [-0.25, -0.2) is 0 Å². The molecule has 0 amide bonds. The van der Waals surface area contributed by atoms with E-state index in [2.05, 4.69) is 42.0 Å². The van der Waals surface area contributed by atoms with Gasteiger partial charge in [-0.15, -0.1) is 0 Å². The minimum Gasteiger partial charge on any atom is -0.254 e. The summed E-state index contributed by atoms with van der Waals surface area (Å²) in [4.78, 5) is 8.87. The zero-order valence-corrected chi connectivity index (χ0v) is 12.6. The maximum Gasteiger partial charge on any atom is 0.0889 e. The van der Waals surface area contributed by atoms with Crippen molar-refractivity contribution in [2.24, 2.45) is 0 Å². The van der Waals surface area contributed by atoms with Crippen LogP contribution in [-0.4, -0.2) is 9.97 Å². The van der Waals surface area contributed by atoms with Crippen LogP contribution in [-0.2, 0) is 5.41 Å². The van der Waals surface area contributed by atoms with Crippen LogP contribution in [0, 0.1) is 6.85 Å². The molecule has 2 heteroatoms. The molecule has 1 aliphatic carbocycles. The minimum atomic E-state index is -2.22. The van der Waals surface area contributed by atoms with Gasteiger partial charge in [0.1, 0.15) is 0 Å². The summed E-state index contributed by atoms with van der Waals surface area (Å²) < 4.78 is 22.7. The molecular formula is C20H18N2. The maximum atomic E-state index is 7.56. The van der Waals surface area contributed by atoms with Crippen LogP contribution in [0.4, 0.5) is 0 Å². The molecule has 108 valence electrons. The number of pyridine rings is 2. The van der Waals surface area contributed by atoms with Gasteiger partial charge >= 0.3 is 0 Å². The van der Waals surface area contributed by atoms with Crippen LogP contribution in [0.3, 0.4) is 0 Å². The Hall–Kier alpha value is -2.48. The SMILES string of the molecule is [2H]C([2H])([2H])c1cccc(-c2cc3c(cn2)-c2ccccc2C3(C)C)n1. The first-order valence-electron chi connectivity index (χ1n) is 8.87. The molecule has 0 radical (unpaired) electrons. The molecular weight excluding hydrogens is 268 g/mol. The molecule has 22 heavy (non-hydrogen) atoms. The predicted octanol–water partition coefficient (Wildman–Crippen LogP) is 4.76. The number of aromatic nitrogens is 2. The lowest BCUT2D eigenvalue weighted by Gasteiger charge is -2.21. The molecule has 1 aromatic carbocycles. The molecule has 0 spiro atoms. The largest absolute Gasteiger partial charge is 0.254 e. The summed E-state index contributed by atoms with van der Waals surface area (Å²) in [6.45, 7) is 2.18. The molecule has 0 saturated heterocycles. The second-order valence-electron chi connectivity index (χ2n) is 6.19. The molecule has 2 aromatic heterocycles. The van der Waals surface area contributed by atoms with Gasteiger partial charge in [0.25, 0.3) is 0 Å². The summed E-state index contributed by atoms with van der Waals surface area (Å²) >= 11 is 0. The molecule has 3 aromatic rings. The molecule has 0 fully saturated rings. The van der Waals surface area contributed by atoms with Crippen molar-refractivity contribution in [2.75, 3.05) is 0 Å². The van der Waals surface area contributed by atoms with Crippen LogP contribution >= 0.6 is 0 Å². The number of benzene rings is 1. The summed E-state index contributed by atoms with van der Waals surface area (Å²) in [7, 11) is 0. The van der Waals surface area contributed by atoms with Gasteiger partial charge in [0, 0.05) is 27.0 Å². The maximum absolute atomic E-state index is 7.56. The van der Waals surface area contributed by atoms with Crippen LogP contribution in [0.1, 0.15) is 34.8 Å². The van der Waals surface area contributed by atoms with Crippen LogP contribution in [0.5, 0.6) is 0 Å². The number of fused-ring (bicyclic) bond motifs is 3. The standard InChI is InChI=1S/C20H18N2/c1-13-7-6-10-18(22-13)19-11-17-15(12-21-19)14-8-4-5-9-16(14)20(17,2)3/h4-12H,1-3H3/i1D3. The lowest BCUT2D eigenvalue weighted by Crippen LogP contribution is -2.15. The van der Waals surface area contributed by atoms with E-state index in [-0.39, 0.29) is 11.1 Å². The third-order valence-corrected chi connectivity index (χ3v) is 4.48. The Bertz CT molecular complexity index is 975. The summed E-state index contributed by atoms with van der Waals surface area (Å²) in [6.07, 6.45) is 1.88. The highest BCUT2D eigenvalue weighted by Gasteiger charge is 2.35. The van der Waals surface area contributed by atoms with Gasteiger partial charge in [0.15, 0.2) is 0 Å². The Kier molecular flexibility index (Phi) is 2.11. The van der Waals surface area contributed by atoms with Gasteiger partial charge < -0.3 is 0 Å². The first-order valence-corrected chi connectivity index (χ1v) is 7.37. The second kappa shape index (κ2) is 4.51. The van der Waals surface area contributed by atoms with Crippen LogP contribution in [0.2, 0.25) is 0 Å². The van der Waals surface area contributed by atoms with Crippen molar-refractivity contribution >= 4 is 0 Å². The summed E-state index contributed by atoms with van der Waals surface area (Å²) in [5, 5.41) is 0. The van der Waals surface area contributed by atoms with Crippen molar-refractivity contribution in [1.82, 2.24) is 9.97 Å². The zero-order chi connectivity index (χ0) is 17.8. The molecule has 0 aliphatic heterocycles. The lowest BCUT2D eigenvalue weighted by molar-refractivity contribution is 0.660. The molecule has 0 unspecified atom stereocenters. The second-order valence-corrected chi connectivity index (χ2v) is 6.19. The Morgan fingerprint density at radius 2 is 1.77 bits per heavy atom. The fourth-order valence-corrected chi connectivity index (χ4v) is 3.31. The first kappa shape index (κ1) is 10.3. The third-order valence-electron chi connectivity index (χ3n) is 4.48. The molecule has 4 rings (SSSR count). The van der Waals surface area contributed by atoms with E-state index in [0.717, 1.165) is 5.56 Å².